The van der Waals surface area contributed by atoms with Crippen molar-refractivity contribution in [3.05, 3.63) is 24.0 Å². The lowest BCUT2D eigenvalue weighted by Crippen LogP contribution is -2.34. The van der Waals surface area contributed by atoms with Gasteiger partial charge in [0.1, 0.15) is 11.7 Å². The first-order chi connectivity index (χ1) is 13.3. The Bertz CT molecular complexity index is 886. The van der Waals surface area contributed by atoms with Crippen LogP contribution in [-0.2, 0) is 4.79 Å². The number of anilines is 1. The van der Waals surface area contributed by atoms with Crippen molar-refractivity contribution in [2.24, 2.45) is 5.92 Å². The van der Waals surface area contributed by atoms with Crippen molar-refractivity contribution >= 4 is 22.6 Å². The van der Waals surface area contributed by atoms with E-state index in [0.717, 1.165) is 11.8 Å². The molecule has 1 fully saturated rings. The zero-order valence-electron chi connectivity index (χ0n) is 15.4. The molecule has 150 valence electrons. The number of carbonyl (C=O) groups excluding carboxylic acids is 1. The third kappa shape index (κ3) is 4.55. The number of pyridine rings is 1. The highest BCUT2D eigenvalue weighted by molar-refractivity contribution is 5.92. The summed E-state index contributed by atoms with van der Waals surface area (Å²) < 4.78 is 36.9. The Morgan fingerprint density at radius 2 is 2.21 bits per heavy atom. The van der Waals surface area contributed by atoms with Crippen molar-refractivity contribution in [2.45, 2.75) is 57.3 Å². The molecule has 28 heavy (non-hydrogen) atoms. The fraction of sp³-hybridized carbons (Fsp3) is 0.526. The highest BCUT2D eigenvalue weighted by atomic mass is 19.4. The molecule has 3 rings (SSSR count). The second-order valence-corrected chi connectivity index (χ2v) is 7.17. The molecule has 3 N–H and O–H groups in total. The first kappa shape index (κ1) is 20.0. The van der Waals surface area contributed by atoms with Gasteiger partial charge < -0.3 is 15.6 Å². The minimum absolute atomic E-state index is 0.00511. The number of aromatic amines is 1. The van der Waals surface area contributed by atoms with Gasteiger partial charge in [0.25, 0.3) is 0 Å². The summed E-state index contributed by atoms with van der Waals surface area (Å²) in [7, 11) is 0. The summed E-state index contributed by atoms with van der Waals surface area (Å²) in [6, 6.07) is 3.81. The molecular weight excluding hydrogens is 371 g/mol. The molecule has 2 aromatic rings. The van der Waals surface area contributed by atoms with E-state index in [1.54, 1.807) is 6.20 Å². The molecule has 1 aliphatic carbocycles. The van der Waals surface area contributed by atoms with Crippen molar-refractivity contribution in [1.82, 2.24) is 15.3 Å². The Morgan fingerprint density at radius 3 is 2.89 bits per heavy atom. The van der Waals surface area contributed by atoms with Gasteiger partial charge in [0.2, 0.25) is 5.91 Å². The molecule has 6 nitrogen and oxygen atoms in total. The van der Waals surface area contributed by atoms with Crippen LogP contribution in [0, 0.1) is 17.2 Å². The van der Waals surface area contributed by atoms with E-state index in [1.165, 1.54) is 6.20 Å². The van der Waals surface area contributed by atoms with Crippen LogP contribution in [0.25, 0.3) is 11.0 Å². The van der Waals surface area contributed by atoms with Crippen LogP contribution in [0.2, 0.25) is 0 Å². The number of hydrogen-bond acceptors (Lipinski definition) is 4. The van der Waals surface area contributed by atoms with Crippen molar-refractivity contribution < 1.29 is 18.0 Å². The maximum absolute atomic E-state index is 12.3. The van der Waals surface area contributed by atoms with Gasteiger partial charge in [0.05, 0.1) is 17.7 Å². The molecule has 9 heteroatoms. The molecule has 1 saturated carbocycles. The molecule has 2 aromatic heterocycles. The number of nitrogens with one attached hydrogen (secondary N) is 3. The van der Waals surface area contributed by atoms with Crippen molar-refractivity contribution in [2.75, 3.05) is 5.32 Å². The SMILES string of the molecule is CC[C@@H]1CC(NC(=O)CCC(F)(F)F)C[C@@H]1Nc1c(C#N)cnc2[nH]ccc12. The molecule has 1 unspecified atom stereocenters. The maximum Gasteiger partial charge on any atom is 0.389 e. The van der Waals surface area contributed by atoms with Crippen molar-refractivity contribution in [3.63, 3.8) is 0 Å². The van der Waals surface area contributed by atoms with Gasteiger partial charge in [-0.3, -0.25) is 4.79 Å². The van der Waals surface area contributed by atoms with Crippen LogP contribution in [0.1, 0.15) is 44.6 Å². The Balaban J connectivity index is 1.69. The standard InChI is InChI=1S/C19H22F3N5O/c1-2-11-7-13(26-16(28)3-5-19(20,21)22)8-15(11)27-17-12(9-23)10-25-18-14(17)4-6-24-18/h4,6,10-11,13,15H,2-3,5,7-8H2,1H3,(H,26,28)(H2,24,25,27)/t11-,13?,15+/m1/s1. The van der Waals surface area contributed by atoms with Gasteiger partial charge in [0.15, 0.2) is 0 Å². The molecule has 2 heterocycles. The van der Waals surface area contributed by atoms with E-state index in [4.69, 9.17) is 0 Å². The van der Waals surface area contributed by atoms with E-state index in [-0.39, 0.29) is 18.0 Å². The van der Waals surface area contributed by atoms with Crippen LogP contribution in [-0.4, -0.2) is 34.1 Å². The zero-order chi connectivity index (χ0) is 20.3. The Morgan fingerprint density at radius 1 is 1.43 bits per heavy atom. The van der Waals surface area contributed by atoms with Crippen LogP contribution < -0.4 is 10.6 Å². The second-order valence-electron chi connectivity index (χ2n) is 7.17. The number of H-pyrrole nitrogens is 1. The molecule has 0 spiro atoms. The van der Waals surface area contributed by atoms with Gasteiger partial charge in [-0.15, -0.1) is 0 Å². The number of hydrogen-bond donors (Lipinski definition) is 3. The third-order valence-corrected chi connectivity index (χ3v) is 5.26. The fourth-order valence-electron chi connectivity index (χ4n) is 3.86. The van der Waals surface area contributed by atoms with Gasteiger partial charge in [-0.1, -0.05) is 13.3 Å². The second kappa shape index (κ2) is 8.09. The molecule has 1 aliphatic rings. The van der Waals surface area contributed by atoms with Crippen LogP contribution in [0.5, 0.6) is 0 Å². The summed E-state index contributed by atoms with van der Waals surface area (Å²) in [5.41, 5.74) is 1.80. The molecule has 0 radical (unpaired) electrons. The van der Waals surface area contributed by atoms with E-state index >= 15 is 0 Å². The van der Waals surface area contributed by atoms with Gasteiger partial charge in [0, 0.05) is 36.3 Å². The highest BCUT2D eigenvalue weighted by Gasteiger charge is 2.35. The van der Waals surface area contributed by atoms with E-state index in [9.17, 15) is 23.2 Å². The molecule has 0 aliphatic heterocycles. The lowest BCUT2D eigenvalue weighted by Gasteiger charge is -2.21. The molecule has 0 bridgehead atoms. The fourth-order valence-corrected chi connectivity index (χ4v) is 3.86. The van der Waals surface area contributed by atoms with Crippen LogP contribution >= 0.6 is 0 Å². The van der Waals surface area contributed by atoms with Gasteiger partial charge >= 0.3 is 6.18 Å². The Labute approximate surface area is 160 Å². The highest BCUT2D eigenvalue weighted by Crippen LogP contribution is 2.34. The van der Waals surface area contributed by atoms with Crippen LogP contribution in [0.4, 0.5) is 18.9 Å². The summed E-state index contributed by atoms with van der Waals surface area (Å²) in [4.78, 5) is 19.1. The maximum atomic E-state index is 12.3. The van der Waals surface area contributed by atoms with E-state index in [0.29, 0.717) is 29.7 Å². The number of nitriles is 1. The van der Waals surface area contributed by atoms with E-state index in [2.05, 4.69) is 26.7 Å². The summed E-state index contributed by atoms with van der Waals surface area (Å²) in [6.07, 6.45) is -0.603. The largest absolute Gasteiger partial charge is 0.389 e. The summed E-state index contributed by atoms with van der Waals surface area (Å²) in [6.45, 7) is 2.04. The minimum atomic E-state index is -4.33. The Hall–Kier alpha value is -2.76. The van der Waals surface area contributed by atoms with Gasteiger partial charge in [-0.2, -0.15) is 18.4 Å². The average Bonchev–Trinajstić information content (AvgIpc) is 3.26. The number of nitrogens with zero attached hydrogens (tertiary/aromatic N) is 2. The van der Waals surface area contributed by atoms with Gasteiger partial charge in [-0.25, -0.2) is 4.98 Å². The monoisotopic (exact) mass is 393 g/mol. The van der Waals surface area contributed by atoms with Crippen molar-refractivity contribution in [3.8, 4) is 6.07 Å². The molecule has 1 amide bonds. The lowest BCUT2D eigenvalue weighted by atomic mass is 9.99. The first-order valence-electron chi connectivity index (χ1n) is 9.29. The summed E-state index contributed by atoms with van der Waals surface area (Å²) in [5, 5.41) is 16.4. The van der Waals surface area contributed by atoms with Crippen LogP contribution in [0.3, 0.4) is 0 Å². The van der Waals surface area contributed by atoms with E-state index < -0.39 is 24.9 Å². The average molecular weight is 393 g/mol. The summed E-state index contributed by atoms with van der Waals surface area (Å²) in [5.74, 6) is -0.339. The van der Waals surface area contributed by atoms with E-state index in [1.807, 2.05) is 13.0 Å². The molecule has 0 saturated heterocycles. The quantitative estimate of drug-likeness (QED) is 0.695. The normalized spacial score (nSPS) is 22.2. The number of halogens is 3. The van der Waals surface area contributed by atoms with Crippen molar-refractivity contribution in [1.29, 1.82) is 5.26 Å². The molecule has 3 atom stereocenters. The topological polar surface area (TPSA) is 93.6 Å². The molecular formula is C19H22F3N5O. The van der Waals surface area contributed by atoms with Crippen LogP contribution in [0.15, 0.2) is 18.5 Å². The number of amides is 1. The lowest BCUT2D eigenvalue weighted by molar-refractivity contribution is -0.144. The number of rotatable bonds is 6. The predicted molar refractivity (Wildman–Crippen MR) is 98.5 cm³/mol. The number of fused-ring (bicyclic) bond motifs is 1. The Kier molecular flexibility index (Phi) is 5.77. The number of alkyl halides is 3. The summed E-state index contributed by atoms with van der Waals surface area (Å²) >= 11 is 0. The minimum Gasteiger partial charge on any atom is -0.380 e. The zero-order valence-corrected chi connectivity index (χ0v) is 15.4. The van der Waals surface area contributed by atoms with Gasteiger partial charge in [-0.05, 0) is 24.8 Å². The first-order valence-corrected chi connectivity index (χ1v) is 9.29. The smallest absolute Gasteiger partial charge is 0.380 e. The number of carbonyl (C=O) groups is 1. The third-order valence-electron chi connectivity index (χ3n) is 5.26. The predicted octanol–water partition coefficient (Wildman–Crippen LogP) is 3.86. The molecule has 0 aromatic carbocycles. The number of aromatic nitrogens is 2.